The second-order valence-electron chi connectivity index (χ2n) is 4.06. The third-order valence-electron chi connectivity index (χ3n) is 2.52. The number of nitrogens with one attached hydrogen (secondary N) is 1. The first-order valence-electron chi connectivity index (χ1n) is 6.36. The van der Waals surface area contributed by atoms with Crippen molar-refractivity contribution in [2.24, 2.45) is 0 Å². The zero-order valence-corrected chi connectivity index (χ0v) is 11.2. The molecule has 0 bridgehead atoms. The van der Waals surface area contributed by atoms with Crippen LogP contribution in [0.3, 0.4) is 0 Å². The highest BCUT2D eigenvalue weighted by atomic mass is 20.0. The van der Waals surface area contributed by atoms with Crippen LogP contribution in [-0.2, 0) is 4.74 Å². The largest absolute Gasteiger partial charge is 0.385 e. The van der Waals surface area contributed by atoms with Crippen LogP contribution < -0.4 is 5.32 Å². The Morgan fingerprint density at radius 3 is 2.50 bits per heavy atom. The van der Waals surface area contributed by atoms with Gasteiger partial charge >= 0.3 is 0 Å². The van der Waals surface area contributed by atoms with Crippen LogP contribution in [0.1, 0.15) is 31.7 Å². The van der Waals surface area contributed by atoms with E-state index in [0.717, 1.165) is 39.0 Å². The first-order chi connectivity index (χ1) is 8.84. The number of rotatable bonds is 8. The van der Waals surface area contributed by atoms with Gasteiger partial charge in [-0.3, -0.25) is 0 Å². The molecule has 2 nitrogen and oxygen atoms in total. The number of unbranched alkanes of at least 4 members (excludes halogenated alkanes) is 1. The van der Waals surface area contributed by atoms with Crippen LogP contribution in [0.15, 0.2) is 24.3 Å². The van der Waals surface area contributed by atoms with Crippen LogP contribution in [0.2, 0.25) is 0 Å². The van der Waals surface area contributed by atoms with Crippen molar-refractivity contribution in [1.29, 1.82) is 0 Å². The molecule has 104 valence electrons. The van der Waals surface area contributed by atoms with Gasteiger partial charge in [0, 0.05) is 34.6 Å². The van der Waals surface area contributed by atoms with Crippen molar-refractivity contribution < 1.29 is 13.9 Å². The van der Waals surface area contributed by atoms with Gasteiger partial charge in [0.05, 0.1) is 0 Å². The molecular weight excluding hydrogens is 236 g/mol. The van der Waals surface area contributed by atoms with E-state index >= 15 is 0 Å². The third-order valence-corrected chi connectivity index (χ3v) is 2.52. The van der Waals surface area contributed by atoms with Crippen LogP contribution in [0.25, 0.3) is 0 Å². The van der Waals surface area contributed by atoms with E-state index in [2.05, 4.69) is 43.4 Å². The standard InChI is InChI=1S/C14H23NO.F2/c1-3-11-16-12-7-6-10-15-14-9-5-4-8-13(14)2;1-2/h4-5,8-9,15H,3,6-7,10-12H2,1-2H3;. The van der Waals surface area contributed by atoms with E-state index in [9.17, 15) is 0 Å². The average Bonchev–Trinajstić information content (AvgIpc) is 2.42. The summed E-state index contributed by atoms with van der Waals surface area (Å²) in [6.07, 6.45) is 3.42. The Morgan fingerprint density at radius 2 is 1.83 bits per heavy atom. The number of benzene rings is 1. The number of para-hydroxylation sites is 1. The smallest absolute Gasteiger partial charge is 0.0466 e. The van der Waals surface area contributed by atoms with Gasteiger partial charge in [-0.05, 0) is 37.8 Å². The summed E-state index contributed by atoms with van der Waals surface area (Å²) in [5, 5.41) is 3.45. The molecule has 0 unspecified atom stereocenters. The molecule has 0 spiro atoms. The van der Waals surface area contributed by atoms with Gasteiger partial charge in [0.25, 0.3) is 0 Å². The molecule has 0 saturated heterocycles. The number of anilines is 1. The lowest BCUT2D eigenvalue weighted by Crippen LogP contribution is -2.04. The van der Waals surface area contributed by atoms with Gasteiger partial charge in [-0.2, -0.15) is 0 Å². The first kappa shape index (κ1) is 16.8. The lowest BCUT2D eigenvalue weighted by molar-refractivity contribution is 0.108. The molecule has 0 atom stereocenters. The van der Waals surface area contributed by atoms with E-state index < -0.39 is 0 Å². The van der Waals surface area contributed by atoms with Crippen LogP contribution >= 0.6 is 0 Å². The van der Waals surface area contributed by atoms with Crippen molar-refractivity contribution in [3.63, 3.8) is 0 Å². The van der Waals surface area contributed by atoms with Crippen molar-refractivity contribution >= 4 is 5.69 Å². The van der Waals surface area contributed by atoms with Gasteiger partial charge in [0.1, 0.15) is 0 Å². The van der Waals surface area contributed by atoms with Gasteiger partial charge in [-0.15, -0.1) is 0 Å². The Bertz CT molecular complexity index is 295. The predicted octanol–water partition coefficient (Wildman–Crippen LogP) is 4.45. The summed E-state index contributed by atoms with van der Waals surface area (Å²) >= 11 is 0. The molecule has 0 aliphatic rings. The molecule has 1 N–H and O–H groups in total. The second kappa shape index (κ2) is 12.3. The van der Waals surface area contributed by atoms with Crippen molar-refractivity contribution in [1.82, 2.24) is 0 Å². The van der Waals surface area contributed by atoms with E-state index in [4.69, 9.17) is 13.9 Å². The SMILES string of the molecule is CCCOCCCCNc1ccccc1C.FF. The van der Waals surface area contributed by atoms with E-state index in [-0.39, 0.29) is 0 Å². The summed E-state index contributed by atoms with van der Waals surface area (Å²) < 4.78 is 21.4. The Morgan fingerprint density at radius 1 is 1.11 bits per heavy atom. The highest BCUT2D eigenvalue weighted by Crippen LogP contribution is 2.12. The lowest BCUT2D eigenvalue weighted by Gasteiger charge is -2.09. The summed E-state index contributed by atoms with van der Waals surface area (Å²) in [5.41, 5.74) is 2.56. The van der Waals surface area contributed by atoms with Gasteiger partial charge in [0.15, 0.2) is 0 Å². The summed E-state index contributed by atoms with van der Waals surface area (Å²) in [4.78, 5) is 0. The molecule has 18 heavy (non-hydrogen) atoms. The van der Waals surface area contributed by atoms with Gasteiger partial charge in [-0.25, -0.2) is 0 Å². The first-order valence-corrected chi connectivity index (χ1v) is 6.36. The number of aryl methyl sites for hydroxylation is 1. The molecule has 0 heterocycles. The minimum absolute atomic E-state index is 0.892. The highest BCUT2D eigenvalue weighted by Gasteiger charge is 1.95. The maximum Gasteiger partial charge on any atom is 0.0466 e. The number of hydrogen-bond donors (Lipinski definition) is 1. The Kier molecular flexibility index (Phi) is 11.5. The normalized spacial score (nSPS) is 9.56. The van der Waals surface area contributed by atoms with E-state index in [1.807, 2.05) is 0 Å². The third kappa shape index (κ3) is 8.01. The topological polar surface area (TPSA) is 21.3 Å². The van der Waals surface area contributed by atoms with Crippen molar-refractivity contribution in [2.45, 2.75) is 33.1 Å². The van der Waals surface area contributed by atoms with Crippen molar-refractivity contribution in [3.8, 4) is 0 Å². The minimum atomic E-state index is 0.892. The monoisotopic (exact) mass is 259 g/mol. The fourth-order valence-electron chi connectivity index (χ4n) is 1.57. The fraction of sp³-hybridized carbons (Fsp3) is 0.571. The molecule has 0 aromatic heterocycles. The van der Waals surface area contributed by atoms with Crippen LogP contribution in [0.5, 0.6) is 0 Å². The fourth-order valence-corrected chi connectivity index (χ4v) is 1.57. The second-order valence-corrected chi connectivity index (χ2v) is 4.06. The summed E-state index contributed by atoms with van der Waals surface area (Å²) in [6, 6.07) is 8.40. The van der Waals surface area contributed by atoms with Crippen LogP contribution in [0, 0.1) is 6.92 Å². The molecular formula is C14H23F2NO. The van der Waals surface area contributed by atoms with Crippen LogP contribution in [-0.4, -0.2) is 19.8 Å². The molecule has 0 amide bonds. The number of halogens is 2. The molecule has 0 saturated carbocycles. The van der Waals surface area contributed by atoms with Gasteiger partial charge in [-0.1, -0.05) is 25.1 Å². The van der Waals surface area contributed by atoms with Crippen LogP contribution in [0.4, 0.5) is 14.8 Å². The van der Waals surface area contributed by atoms with Crippen molar-refractivity contribution in [2.75, 3.05) is 25.1 Å². The maximum atomic E-state index is 8.00. The highest BCUT2D eigenvalue weighted by molar-refractivity contribution is 5.49. The molecule has 0 radical (unpaired) electrons. The molecule has 0 aliphatic heterocycles. The predicted molar refractivity (Wildman–Crippen MR) is 72.2 cm³/mol. The molecule has 0 aliphatic carbocycles. The van der Waals surface area contributed by atoms with Gasteiger partial charge < -0.3 is 10.1 Å². The Hall–Kier alpha value is -1.16. The average molecular weight is 259 g/mol. The molecule has 1 aromatic rings. The number of ether oxygens (including phenoxy) is 1. The zero-order valence-electron chi connectivity index (χ0n) is 11.2. The molecule has 0 fully saturated rings. The van der Waals surface area contributed by atoms with Crippen molar-refractivity contribution in [3.05, 3.63) is 29.8 Å². The summed E-state index contributed by atoms with van der Waals surface area (Å²) in [7, 11) is 0. The molecule has 1 rings (SSSR count). The Balaban J connectivity index is 0.00000137. The molecule has 4 heteroatoms. The lowest BCUT2D eigenvalue weighted by atomic mass is 10.2. The Labute approximate surface area is 108 Å². The quantitative estimate of drug-likeness (QED) is 0.696. The zero-order chi connectivity index (χ0) is 13.6. The molecule has 1 aromatic carbocycles. The van der Waals surface area contributed by atoms with E-state index in [1.165, 1.54) is 11.3 Å². The summed E-state index contributed by atoms with van der Waals surface area (Å²) in [6.45, 7) is 7.08. The minimum Gasteiger partial charge on any atom is -0.385 e. The van der Waals surface area contributed by atoms with E-state index in [1.54, 1.807) is 0 Å². The number of hydrogen-bond acceptors (Lipinski definition) is 2. The van der Waals surface area contributed by atoms with E-state index in [0.29, 0.717) is 0 Å². The van der Waals surface area contributed by atoms with Gasteiger partial charge in [0.2, 0.25) is 0 Å². The summed E-state index contributed by atoms with van der Waals surface area (Å²) in [5.74, 6) is 0. The maximum absolute atomic E-state index is 8.00.